The van der Waals surface area contributed by atoms with Crippen LogP contribution < -0.4 is 34.7 Å². The number of hydrogen-bond donors (Lipinski definition) is 0. The smallest absolute Gasteiger partial charge is 0.412 e. The number of rotatable bonds is 0. The van der Waals surface area contributed by atoms with E-state index in [-0.39, 0.29) is 35.0 Å². The first-order valence-electron chi connectivity index (χ1n) is 1.12. The average Bonchev–Trinajstić information content (AvgIpc) is 1.76. The molecule has 0 fully saturated rings. The molecule has 0 saturated carbocycles. The quantitative estimate of drug-likeness (QED) is 0.313. The summed E-state index contributed by atoms with van der Waals surface area (Å²) in [6, 6.07) is 0. The van der Waals surface area contributed by atoms with Crippen LogP contribution in [-0.4, -0.2) is 21.0 Å². The topological polar surface area (TPSA) is 84.3 Å². The molecule has 0 aliphatic heterocycles. The summed E-state index contributed by atoms with van der Waals surface area (Å²) in [6.07, 6.45) is 1.28. The van der Waals surface area contributed by atoms with Gasteiger partial charge >= 0.3 is 29.6 Å². The van der Waals surface area contributed by atoms with Gasteiger partial charge < -0.3 is 10.6 Å². The van der Waals surface area contributed by atoms with Gasteiger partial charge in [0.2, 0.25) is 0 Å². The van der Waals surface area contributed by atoms with E-state index in [1.54, 1.807) is 0 Å². The maximum atomic E-state index is 3.25. The molecule has 0 unspecified atom stereocenters. The van der Waals surface area contributed by atoms with Crippen LogP contribution in [0.4, 0.5) is 0 Å². The van der Waals surface area contributed by atoms with Crippen molar-refractivity contribution in [3.8, 4) is 0 Å². The van der Waals surface area contributed by atoms with Crippen molar-refractivity contribution < 1.29 is 35.0 Å². The molecule has 0 aromatic carbocycles. The standard InChI is InChI=1S/CHN4.Na.H2O/c1-2-4-5-3-1;;/h1H;;1H2/q-1;+1;. The first-order chi connectivity index (χ1) is 2.50. The summed E-state index contributed by atoms with van der Waals surface area (Å²) in [6.45, 7) is 0. The summed E-state index contributed by atoms with van der Waals surface area (Å²) in [4.78, 5) is 0. The van der Waals surface area contributed by atoms with Gasteiger partial charge in [-0.05, 0) is 6.33 Å². The van der Waals surface area contributed by atoms with E-state index in [4.69, 9.17) is 0 Å². The van der Waals surface area contributed by atoms with E-state index >= 15 is 0 Å². The third-order valence-corrected chi connectivity index (χ3v) is 0.247. The van der Waals surface area contributed by atoms with Crippen molar-refractivity contribution in [3.63, 3.8) is 0 Å². The molecule has 34 valence electrons. The molecule has 1 rings (SSSR count). The van der Waals surface area contributed by atoms with Gasteiger partial charge in [0.15, 0.2) is 0 Å². The van der Waals surface area contributed by atoms with Gasteiger partial charge in [-0.2, -0.15) is 5.21 Å². The largest absolute Gasteiger partial charge is 1.00 e. The van der Waals surface area contributed by atoms with Crippen LogP contribution in [0.25, 0.3) is 0 Å². The molecule has 0 spiro atoms. The second kappa shape index (κ2) is 6.03. The SMILES string of the molecule is O.[Na+].c1nnn[n-]1. The Morgan fingerprint density at radius 2 is 2.14 bits per heavy atom. The predicted octanol–water partition coefficient (Wildman–Crippen LogP) is -4.99. The molecule has 6 heteroatoms. The maximum absolute atomic E-state index is 3.25. The van der Waals surface area contributed by atoms with Crippen LogP contribution in [0.1, 0.15) is 0 Å². The van der Waals surface area contributed by atoms with Gasteiger partial charge in [0.25, 0.3) is 0 Å². The summed E-state index contributed by atoms with van der Waals surface area (Å²) >= 11 is 0. The fourth-order valence-electron chi connectivity index (χ4n) is 0.115. The van der Waals surface area contributed by atoms with Crippen molar-refractivity contribution in [2.24, 2.45) is 0 Å². The molecule has 5 nitrogen and oxygen atoms in total. The second-order valence-electron chi connectivity index (χ2n) is 0.525. The molecule has 1 heterocycles. The van der Waals surface area contributed by atoms with Crippen molar-refractivity contribution in [2.75, 3.05) is 0 Å². The van der Waals surface area contributed by atoms with Crippen LogP contribution in [0.2, 0.25) is 0 Å². The Morgan fingerprint density at radius 1 is 1.43 bits per heavy atom. The molecule has 0 amide bonds. The Labute approximate surface area is 62.1 Å². The van der Waals surface area contributed by atoms with Crippen molar-refractivity contribution in [3.05, 3.63) is 6.33 Å². The minimum atomic E-state index is 0. The van der Waals surface area contributed by atoms with Gasteiger partial charge in [0.05, 0.1) is 0 Å². The summed E-state index contributed by atoms with van der Waals surface area (Å²) in [5, 5.41) is 12.7. The van der Waals surface area contributed by atoms with E-state index in [9.17, 15) is 0 Å². The molecule has 0 aliphatic rings. The number of tetrazole rings is 1. The summed E-state index contributed by atoms with van der Waals surface area (Å²) in [5.74, 6) is 0. The molecule has 2 N–H and O–H groups in total. The molecule has 1 aromatic heterocycles. The van der Waals surface area contributed by atoms with Gasteiger partial charge in [0, 0.05) is 0 Å². The monoisotopic (exact) mass is 110 g/mol. The van der Waals surface area contributed by atoms with Gasteiger partial charge in [-0.1, -0.05) is 0 Å². The number of nitrogens with zero attached hydrogens (tertiary/aromatic N) is 4. The summed E-state index contributed by atoms with van der Waals surface area (Å²) in [5.41, 5.74) is 0. The Balaban J connectivity index is 0. The second-order valence-corrected chi connectivity index (χ2v) is 0.525. The molecule has 0 saturated heterocycles. The molecular formula is CH3N4NaO. The molecule has 7 heavy (non-hydrogen) atoms. The number of aromatic nitrogens is 4. The first kappa shape index (κ1) is 10.1. The summed E-state index contributed by atoms with van der Waals surface area (Å²) in [7, 11) is 0. The molecule has 0 atom stereocenters. The van der Waals surface area contributed by atoms with Crippen molar-refractivity contribution >= 4 is 0 Å². The Bertz CT molecular complexity index is 68.2. The van der Waals surface area contributed by atoms with E-state index < -0.39 is 0 Å². The van der Waals surface area contributed by atoms with Crippen LogP contribution in [-0.2, 0) is 0 Å². The molecule has 0 aliphatic carbocycles. The summed E-state index contributed by atoms with van der Waals surface area (Å²) < 4.78 is 0. The van der Waals surface area contributed by atoms with Gasteiger partial charge in [-0.3, -0.25) is 10.3 Å². The zero-order chi connectivity index (χ0) is 3.54. The minimum Gasteiger partial charge on any atom is -0.412 e. The minimum absolute atomic E-state index is 0. The van der Waals surface area contributed by atoms with Crippen LogP contribution in [0.5, 0.6) is 0 Å². The Hall–Kier alpha value is 0.0300. The zero-order valence-corrected chi connectivity index (χ0v) is 5.87. The van der Waals surface area contributed by atoms with Crippen LogP contribution in [0, 0.1) is 0 Å². The van der Waals surface area contributed by atoms with Gasteiger partial charge in [0.1, 0.15) is 0 Å². The average molecular weight is 110 g/mol. The Morgan fingerprint density at radius 3 is 2.29 bits per heavy atom. The molecular weight excluding hydrogens is 107 g/mol. The van der Waals surface area contributed by atoms with E-state index in [1.807, 2.05) is 0 Å². The fraction of sp³-hybridized carbons (Fsp3) is 0. The van der Waals surface area contributed by atoms with E-state index in [2.05, 4.69) is 20.6 Å². The molecule has 0 radical (unpaired) electrons. The van der Waals surface area contributed by atoms with Crippen molar-refractivity contribution in [1.82, 2.24) is 20.6 Å². The fourth-order valence-corrected chi connectivity index (χ4v) is 0.115. The number of hydrogen-bond acceptors (Lipinski definition) is 3. The van der Waals surface area contributed by atoms with E-state index in [1.165, 1.54) is 6.33 Å². The first-order valence-corrected chi connectivity index (χ1v) is 1.12. The third-order valence-electron chi connectivity index (χ3n) is 0.247. The van der Waals surface area contributed by atoms with E-state index in [0.29, 0.717) is 0 Å². The molecule has 1 aromatic rings. The van der Waals surface area contributed by atoms with Crippen molar-refractivity contribution in [1.29, 1.82) is 0 Å². The van der Waals surface area contributed by atoms with Gasteiger partial charge in [-0.25, -0.2) is 0 Å². The molecule has 0 bridgehead atoms. The third kappa shape index (κ3) is 3.87. The van der Waals surface area contributed by atoms with Crippen LogP contribution in [0.15, 0.2) is 6.33 Å². The van der Waals surface area contributed by atoms with Crippen molar-refractivity contribution in [2.45, 2.75) is 0 Å². The maximum Gasteiger partial charge on any atom is 1.00 e. The van der Waals surface area contributed by atoms with Crippen LogP contribution >= 0.6 is 0 Å². The van der Waals surface area contributed by atoms with Gasteiger partial charge in [-0.15, -0.1) is 0 Å². The van der Waals surface area contributed by atoms with Crippen LogP contribution in [0.3, 0.4) is 0 Å². The zero-order valence-electron chi connectivity index (χ0n) is 3.87. The predicted molar refractivity (Wildman–Crippen MR) is 16.8 cm³/mol. The van der Waals surface area contributed by atoms with E-state index in [0.717, 1.165) is 0 Å². The normalized spacial score (nSPS) is 5.71. The Kier molecular flexibility index (Phi) is 8.70.